The van der Waals surface area contributed by atoms with Crippen LogP contribution in [0, 0.1) is 0 Å². The maximum atomic E-state index is 12.3. The van der Waals surface area contributed by atoms with Gasteiger partial charge in [-0.2, -0.15) is 13.2 Å². The molecule has 0 saturated carbocycles. The molecule has 0 aromatic heterocycles. The third kappa shape index (κ3) is 5.95. The molecule has 0 fully saturated rings. The van der Waals surface area contributed by atoms with Crippen LogP contribution in [0.25, 0.3) is 0 Å². The van der Waals surface area contributed by atoms with E-state index in [9.17, 15) is 22.8 Å². The molecular weight excluding hydrogens is 384 g/mol. The molecule has 2 aromatic rings. The highest BCUT2D eigenvalue weighted by Crippen LogP contribution is 2.31. The Hall–Kier alpha value is -2.25. The van der Waals surface area contributed by atoms with Crippen molar-refractivity contribution < 1.29 is 32.6 Å². The Morgan fingerprint density at radius 3 is 2.12 bits per heavy atom. The smallest absolute Gasteiger partial charge is 0.417 e. The maximum absolute atomic E-state index is 12.3. The van der Waals surface area contributed by atoms with Crippen LogP contribution in [-0.4, -0.2) is 24.2 Å². The minimum Gasteiger partial charge on any atom is -0.478 e. The Bertz CT molecular complexity index is 776. The number of esters is 1. The Morgan fingerprint density at radius 2 is 1.64 bits per heavy atom. The van der Waals surface area contributed by atoms with Gasteiger partial charge >= 0.3 is 18.1 Å². The minimum atomic E-state index is -4.54. The van der Waals surface area contributed by atoms with E-state index in [1.807, 2.05) is 0 Å². The van der Waals surface area contributed by atoms with Gasteiger partial charge in [-0.25, -0.2) is 9.59 Å². The average molecular weight is 395 g/mol. The second-order valence-corrected chi connectivity index (χ2v) is 5.31. The number of rotatable bonds is 2. The second kappa shape index (κ2) is 8.73. The van der Waals surface area contributed by atoms with Gasteiger partial charge in [-0.3, -0.25) is 0 Å². The van der Waals surface area contributed by atoms with Gasteiger partial charge in [0.15, 0.2) is 0 Å². The van der Waals surface area contributed by atoms with Gasteiger partial charge in [-0.05, 0) is 30.3 Å². The molecule has 0 bridgehead atoms. The number of carbonyl (C=O) groups excluding carboxylic acids is 1. The molecule has 0 atom stereocenters. The summed E-state index contributed by atoms with van der Waals surface area (Å²) in [6.07, 6.45) is -4.54. The maximum Gasteiger partial charge on any atom is 0.417 e. The second-order valence-electron chi connectivity index (χ2n) is 4.46. The summed E-state index contributed by atoms with van der Waals surface area (Å²) in [4.78, 5) is 21.4. The first-order valence-electron chi connectivity index (χ1n) is 6.50. The lowest BCUT2D eigenvalue weighted by atomic mass is 10.1. The number of hydrogen-bond donors (Lipinski definition) is 1. The zero-order chi connectivity index (χ0) is 19.2. The number of benzene rings is 2. The highest BCUT2D eigenvalue weighted by Gasteiger charge is 2.35. The van der Waals surface area contributed by atoms with Gasteiger partial charge in [-0.15, -0.1) is 0 Å². The molecule has 0 aliphatic rings. The molecule has 0 heterocycles. The van der Waals surface area contributed by atoms with E-state index in [2.05, 4.69) is 4.74 Å². The molecular formula is C16H11Cl2F3O4. The van der Waals surface area contributed by atoms with Crippen LogP contribution >= 0.6 is 23.2 Å². The van der Waals surface area contributed by atoms with Crippen LogP contribution in [0.4, 0.5) is 13.2 Å². The van der Waals surface area contributed by atoms with Crippen molar-refractivity contribution >= 4 is 35.1 Å². The summed E-state index contributed by atoms with van der Waals surface area (Å²) in [5, 5.41) is 9.12. The zero-order valence-electron chi connectivity index (χ0n) is 12.6. The topological polar surface area (TPSA) is 63.6 Å². The van der Waals surface area contributed by atoms with Gasteiger partial charge in [0.05, 0.1) is 28.8 Å². The average Bonchev–Trinajstić information content (AvgIpc) is 2.53. The van der Waals surface area contributed by atoms with Gasteiger partial charge in [-0.1, -0.05) is 35.3 Å². The van der Waals surface area contributed by atoms with E-state index < -0.39 is 29.2 Å². The van der Waals surface area contributed by atoms with Crippen molar-refractivity contribution in [2.24, 2.45) is 0 Å². The molecule has 2 rings (SSSR count). The first-order valence-corrected chi connectivity index (χ1v) is 7.26. The zero-order valence-corrected chi connectivity index (χ0v) is 14.1. The van der Waals surface area contributed by atoms with Crippen molar-refractivity contribution in [2.75, 3.05) is 7.11 Å². The van der Waals surface area contributed by atoms with Crippen molar-refractivity contribution in [3.8, 4) is 0 Å². The molecule has 1 N–H and O–H groups in total. The van der Waals surface area contributed by atoms with Crippen LogP contribution in [-0.2, 0) is 10.9 Å². The van der Waals surface area contributed by atoms with Crippen molar-refractivity contribution in [2.45, 2.75) is 6.18 Å². The summed E-state index contributed by atoms with van der Waals surface area (Å²) in [6.45, 7) is 0. The molecule has 0 unspecified atom stereocenters. The number of methoxy groups -OCH3 is 1. The number of halogens is 5. The number of ether oxygens (including phenoxy) is 1. The minimum absolute atomic E-state index is 0.0658. The number of carboxylic acid groups (broad SMARTS) is 1. The highest BCUT2D eigenvalue weighted by molar-refractivity contribution is 6.36. The van der Waals surface area contributed by atoms with Crippen LogP contribution in [0.5, 0.6) is 0 Å². The van der Waals surface area contributed by atoms with Crippen molar-refractivity contribution in [3.63, 3.8) is 0 Å². The van der Waals surface area contributed by atoms with Crippen LogP contribution in [0.3, 0.4) is 0 Å². The van der Waals surface area contributed by atoms with Gasteiger partial charge in [0.25, 0.3) is 0 Å². The monoisotopic (exact) mass is 394 g/mol. The third-order valence-electron chi connectivity index (χ3n) is 2.80. The van der Waals surface area contributed by atoms with Crippen LogP contribution in [0.15, 0.2) is 42.5 Å². The summed E-state index contributed by atoms with van der Waals surface area (Å²) in [6, 6.07) is 8.73. The van der Waals surface area contributed by atoms with E-state index in [4.69, 9.17) is 28.3 Å². The van der Waals surface area contributed by atoms with Crippen LogP contribution in [0.2, 0.25) is 10.0 Å². The van der Waals surface area contributed by atoms with Crippen molar-refractivity contribution in [1.82, 2.24) is 0 Å². The number of alkyl halides is 3. The molecule has 25 heavy (non-hydrogen) atoms. The fourth-order valence-corrected chi connectivity index (χ4v) is 2.17. The first kappa shape index (κ1) is 20.8. The Kier molecular flexibility index (Phi) is 7.26. The van der Waals surface area contributed by atoms with Gasteiger partial charge in [0.2, 0.25) is 0 Å². The van der Waals surface area contributed by atoms with Crippen LogP contribution < -0.4 is 0 Å². The Morgan fingerprint density at radius 1 is 1.04 bits per heavy atom. The predicted molar refractivity (Wildman–Crippen MR) is 86.2 cm³/mol. The van der Waals surface area contributed by atoms with E-state index in [-0.39, 0.29) is 10.6 Å². The summed E-state index contributed by atoms with van der Waals surface area (Å²) in [5.41, 5.74) is -1.38. The molecule has 0 spiro atoms. The number of hydrogen-bond acceptors (Lipinski definition) is 3. The molecule has 9 heteroatoms. The van der Waals surface area contributed by atoms with E-state index in [0.29, 0.717) is 5.02 Å². The standard InChI is InChI=1S/C9H7F3O2.C7H4Cl2O2/c1-14-8(13)6-4-2-3-5-7(6)9(10,11)12;8-4-1-2-5(7(10)11)6(9)3-4/h2-5H,1H3;1-3H,(H,10,11). The molecule has 0 amide bonds. The largest absolute Gasteiger partial charge is 0.478 e. The van der Waals surface area contributed by atoms with Crippen molar-refractivity contribution in [3.05, 3.63) is 69.2 Å². The normalized spacial score (nSPS) is 10.5. The number of aromatic carboxylic acids is 1. The molecule has 4 nitrogen and oxygen atoms in total. The Balaban J connectivity index is 0.000000257. The fourth-order valence-electron chi connectivity index (χ4n) is 1.68. The summed E-state index contributed by atoms with van der Waals surface area (Å²) < 4.78 is 41.2. The van der Waals surface area contributed by atoms with E-state index in [1.165, 1.54) is 30.3 Å². The molecule has 134 valence electrons. The molecule has 0 radical (unpaired) electrons. The molecule has 0 saturated heterocycles. The number of carboxylic acids is 1. The van der Waals surface area contributed by atoms with E-state index in [1.54, 1.807) is 0 Å². The quantitative estimate of drug-likeness (QED) is 0.712. The highest BCUT2D eigenvalue weighted by atomic mass is 35.5. The van der Waals surface area contributed by atoms with E-state index in [0.717, 1.165) is 19.2 Å². The summed E-state index contributed by atoms with van der Waals surface area (Å²) in [7, 11) is 1.04. The first-order chi connectivity index (χ1) is 11.6. The van der Waals surface area contributed by atoms with Crippen molar-refractivity contribution in [1.29, 1.82) is 0 Å². The lowest BCUT2D eigenvalue weighted by Crippen LogP contribution is -2.13. The SMILES string of the molecule is COC(=O)c1ccccc1C(F)(F)F.O=C(O)c1ccc(Cl)cc1Cl. The lowest BCUT2D eigenvalue weighted by molar-refractivity contribution is -0.138. The molecule has 2 aromatic carbocycles. The summed E-state index contributed by atoms with van der Waals surface area (Å²) in [5.74, 6) is -2.04. The van der Waals surface area contributed by atoms with Gasteiger partial charge < -0.3 is 9.84 Å². The number of carbonyl (C=O) groups is 2. The third-order valence-corrected chi connectivity index (χ3v) is 3.35. The molecule has 0 aliphatic heterocycles. The Labute approximate surface area is 150 Å². The van der Waals surface area contributed by atoms with E-state index >= 15 is 0 Å². The fraction of sp³-hybridized carbons (Fsp3) is 0.125. The van der Waals surface area contributed by atoms with Crippen LogP contribution in [0.1, 0.15) is 26.3 Å². The molecule has 0 aliphatic carbocycles. The lowest BCUT2D eigenvalue weighted by Gasteiger charge is -2.10. The van der Waals surface area contributed by atoms with Gasteiger partial charge in [0.1, 0.15) is 0 Å². The summed E-state index contributed by atoms with van der Waals surface area (Å²) >= 11 is 11.1. The van der Waals surface area contributed by atoms with Gasteiger partial charge in [0, 0.05) is 5.02 Å². The predicted octanol–water partition coefficient (Wildman–Crippen LogP) is 5.18.